The summed E-state index contributed by atoms with van der Waals surface area (Å²) < 4.78 is 22.9. The number of carboxylic acids is 1. The Labute approximate surface area is 184 Å². The minimum atomic E-state index is -1.39. The van der Waals surface area contributed by atoms with Crippen molar-refractivity contribution in [3.63, 3.8) is 0 Å². The van der Waals surface area contributed by atoms with Gasteiger partial charge in [0.25, 0.3) is 0 Å². The topological polar surface area (TPSA) is 131 Å². The fraction of sp³-hybridized carbons (Fsp3) is 0.455. The molecule has 0 saturated carbocycles. The number of halogens is 1. The van der Waals surface area contributed by atoms with Crippen LogP contribution in [-0.2, 0) is 5.54 Å². The first-order chi connectivity index (χ1) is 15.2. The number of ether oxygens (including phenoxy) is 1. The second-order valence-corrected chi connectivity index (χ2v) is 8.69. The largest absolute Gasteiger partial charge is 0.489 e. The molecule has 0 aliphatic carbocycles. The van der Waals surface area contributed by atoms with Gasteiger partial charge < -0.3 is 30.8 Å². The number of allylic oxidation sites excluding steroid dienone is 1. The monoisotopic (exact) mass is 445 g/mol. The molecule has 172 valence electrons. The minimum Gasteiger partial charge on any atom is -0.489 e. The number of benzene rings is 1. The summed E-state index contributed by atoms with van der Waals surface area (Å²) in [5.74, 6) is -2.04. The number of nitrogens with two attached hydrogens (primary N) is 1. The Morgan fingerprint density at radius 1 is 1.44 bits per heavy atom. The number of aromatic nitrogens is 1. The molecular weight excluding hydrogens is 417 g/mol. The molecule has 0 fully saturated rings. The molecule has 1 aromatic carbocycles. The van der Waals surface area contributed by atoms with Gasteiger partial charge in [0.05, 0.1) is 29.4 Å². The second kappa shape index (κ2) is 8.34. The summed E-state index contributed by atoms with van der Waals surface area (Å²) in [4.78, 5) is 24.6. The fourth-order valence-electron chi connectivity index (χ4n) is 4.21. The lowest BCUT2D eigenvalue weighted by atomic mass is 9.98. The van der Waals surface area contributed by atoms with E-state index in [9.17, 15) is 14.7 Å². The van der Waals surface area contributed by atoms with Crippen molar-refractivity contribution in [1.82, 2.24) is 15.2 Å². The Hall–Kier alpha value is -3.27. The zero-order valence-corrected chi connectivity index (χ0v) is 18.1. The van der Waals surface area contributed by atoms with Crippen molar-refractivity contribution in [2.75, 3.05) is 30.7 Å². The first-order valence-electron chi connectivity index (χ1n) is 10.7. The molecule has 0 radical (unpaired) electrons. The molecule has 6 N–H and O–H groups in total. The molecule has 1 unspecified atom stereocenters. The summed E-state index contributed by atoms with van der Waals surface area (Å²) in [7, 11) is 0. The number of rotatable bonds is 6. The van der Waals surface area contributed by atoms with Crippen LogP contribution in [0.3, 0.4) is 0 Å². The van der Waals surface area contributed by atoms with Crippen LogP contribution in [0.4, 0.5) is 15.8 Å². The number of nitrogens with one attached hydrogen (secondary N) is 3. The molecule has 0 bridgehead atoms. The quantitative estimate of drug-likeness (QED) is 0.338. The number of nitrogen functional groups attached to an aromatic ring is 1. The van der Waals surface area contributed by atoms with Gasteiger partial charge in [-0.1, -0.05) is 6.08 Å². The first-order valence-corrected chi connectivity index (χ1v) is 10.7. The van der Waals surface area contributed by atoms with Crippen molar-refractivity contribution in [2.24, 2.45) is 0 Å². The summed E-state index contributed by atoms with van der Waals surface area (Å²) in [6.45, 7) is 5.03. The Morgan fingerprint density at radius 2 is 2.22 bits per heavy atom. The molecule has 9 nitrogen and oxygen atoms in total. The minimum absolute atomic E-state index is 0.0715. The highest BCUT2D eigenvalue weighted by Gasteiger charge is 2.33. The second-order valence-electron chi connectivity index (χ2n) is 8.69. The summed E-state index contributed by atoms with van der Waals surface area (Å²) in [5, 5.41) is 19.0. The lowest BCUT2D eigenvalue weighted by Crippen LogP contribution is -2.42. The Bertz CT molecular complexity index is 1160. The maximum Gasteiger partial charge on any atom is 0.341 e. The van der Waals surface area contributed by atoms with Crippen LogP contribution in [0.15, 0.2) is 23.3 Å². The Kier molecular flexibility index (Phi) is 5.72. The van der Waals surface area contributed by atoms with Crippen molar-refractivity contribution in [2.45, 2.75) is 44.8 Å². The van der Waals surface area contributed by atoms with E-state index in [0.29, 0.717) is 25.0 Å². The smallest absolute Gasteiger partial charge is 0.341 e. The van der Waals surface area contributed by atoms with Crippen LogP contribution in [0, 0.1) is 5.82 Å². The Morgan fingerprint density at radius 3 is 2.91 bits per heavy atom. The third kappa shape index (κ3) is 3.75. The van der Waals surface area contributed by atoms with Crippen molar-refractivity contribution in [3.05, 3.63) is 40.1 Å². The van der Waals surface area contributed by atoms with Crippen LogP contribution < -0.4 is 31.8 Å². The molecule has 3 heterocycles. The fourth-order valence-corrected chi connectivity index (χ4v) is 4.21. The maximum atomic E-state index is 15.3. The van der Waals surface area contributed by atoms with Gasteiger partial charge in [0, 0.05) is 31.2 Å². The van der Waals surface area contributed by atoms with E-state index in [-0.39, 0.29) is 35.3 Å². The van der Waals surface area contributed by atoms with Gasteiger partial charge >= 0.3 is 5.97 Å². The van der Waals surface area contributed by atoms with Crippen LogP contribution >= 0.6 is 0 Å². The Balaban J connectivity index is 1.78. The molecule has 1 aromatic heterocycles. The molecule has 0 amide bonds. The maximum absolute atomic E-state index is 15.3. The van der Waals surface area contributed by atoms with Gasteiger partial charge in [-0.2, -0.15) is 0 Å². The molecule has 0 spiro atoms. The van der Waals surface area contributed by atoms with Crippen LogP contribution in [0.2, 0.25) is 0 Å². The number of hydrogen-bond donors (Lipinski definition) is 5. The average Bonchev–Trinajstić information content (AvgIpc) is 2.88. The lowest BCUT2D eigenvalue weighted by Gasteiger charge is -2.28. The predicted octanol–water partition coefficient (Wildman–Crippen LogP) is 2.16. The SMILES string of the molecule is CC1(C)CCOc2c(NCCNC3CCC=CN3)c(F)c(N)c3c(=O)c(C(=O)O)cn1c23. The number of anilines is 2. The highest BCUT2D eigenvalue weighted by Crippen LogP contribution is 2.43. The molecule has 4 rings (SSSR count). The zero-order chi connectivity index (χ0) is 23.0. The van der Waals surface area contributed by atoms with E-state index < -0.39 is 28.3 Å². The first kappa shape index (κ1) is 21.9. The molecule has 2 aliphatic rings. The number of aromatic carboxylic acids is 1. The zero-order valence-electron chi connectivity index (χ0n) is 18.1. The van der Waals surface area contributed by atoms with E-state index in [0.717, 1.165) is 12.8 Å². The van der Waals surface area contributed by atoms with E-state index in [4.69, 9.17) is 10.5 Å². The van der Waals surface area contributed by atoms with Gasteiger partial charge in [0.2, 0.25) is 5.43 Å². The number of hydrogen-bond acceptors (Lipinski definition) is 7. The van der Waals surface area contributed by atoms with E-state index >= 15 is 4.39 Å². The molecule has 2 aromatic rings. The van der Waals surface area contributed by atoms with Crippen molar-refractivity contribution >= 4 is 28.2 Å². The lowest BCUT2D eigenvalue weighted by molar-refractivity contribution is 0.0694. The molecular formula is C22H28FN5O4. The molecule has 32 heavy (non-hydrogen) atoms. The molecule has 1 atom stereocenters. The number of nitrogens with zero attached hydrogens (tertiary/aromatic N) is 1. The number of carbonyl (C=O) groups is 1. The van der Waals surface area contributed by atoms with Gasteiger partial charge in [0.1, 0.15) is 11.3 Å². The van der Waals surface area contributed by atoms with Crippen molar-refractivity contribution < 1.29 is 19.0 Å². The summed E-state index contributed by atoms with van der Waals surface area (Å²) >= 11 is 0. The highest BCUT2D eigenvalue weighted by molar-refractivity contribution is 6.03. The third-order valence-corrected chi connectivity index (χ3v) is 6.07. The summed E-state index contributed by atoms with van der Waals surface area (Å²) in [6, 6.07) is 0. The van der Waals surface area contributed by atoms with Crippen LogP contribution in [-0.4, -0.2) is 41.5 Å². The van der Waals surface area contributed by atoms with Crippen molar-refractivity contribution in [3.8, 4) is 5.75 Å². The van der Waals surface area contributed by atoms with Gasteiger partial charge in [-0.3, -0.25) is 10.1 Å². The third-order valence-electron chi connectivity index (χ3n) is 6.07. The van der Waals surface area contributed by atoms with E-state index in [1.807, 2.05) is 20.0 Å². The predicted molar refractivity (Wildman–Crippen MR) is 121 cm³/mol. The molecule has 2 aliphatic heterocycles. The van der Waals surface area contributed by atoms with Gasteiger partial charge in [0.15, 0.2) is 11.6 Å². The normalized spacial score (nSPS) is 19.2. The van der Waals surface area contributed by atoms with Crippen LogP contribution in [0.1, 0.15) is 43.5 Å². The summed E-state index contributed by atoms with van der Waals surface area (Å²) in [6.07, 6.45) is 7.88. The standard InChI is InChI=1S/C22H28FN5O4/c1-22(2)6-10-32-20-17(27-9-8-26-13-5-3-4-7-25-13)15(23)16(24)14-18(20)28(22)11-12(19(14)29)21(30)31/h4,7,11,13,25-27H,3,5-6,8-10,24H2,1-2H3,(H,30,31). The van der Waals surface area contributed by atoms with Crippen molar-refractivity contribution in [1.29, 1.82) is 0 Å². The highest BCUT2D eigenvalue weighted by atomic mass is 19.1. The van der Waals surface area contributed by atoms with Gasteiger partial charge in [-0.15, -0.1) is 0 Å². The number of carboxylic acid groups (broad SMARTS) is 1. The van der Waals surface area contributed by atoms with E-state index in [1.165, 1.54) is 6.20 Å². The van der Waals surface area contributed by atoms with E-state index in [1.54, 1.807) is 4.57 Å². The van der Waals surface area contributed by atoms with Crippen LogP contribution in [0.5, 0.6) is 5.75 Å². The van der Waals surface area contributed by atoms with E-state index in [2.05, 4.69) is 22.0 Å². The summed E-state index contributed by atoms with van der Waals surface area (Å²) in [5.41, 5.74) is 4.18. The number of pyridine rings is 1. The molecule has 0 saturated heterocycles. The van der Waals surface area contributed by atoms with Crippen LogP contribution in [0.25, 0.3) is 10.9 Å². The van der Waals surface area contributed by atoms with Gasteiger partial charge in [-0.25, -0.2) is 9.18 Å². The molecule has 10 heteroatoms. The van der Waals surface area contributed by atoms with Gasteiger partial charge in [-0.05, 0) is 32.9 Å². The average molecular weight is 445 g/mol.